The SMILES string of the molecule is COc1ccc(-c2nnc(SCc3csc(-c4ccco4)n3)o2)cc1. The van der Waals surface area contributed by atoms with Crippen LogP contribution in [0.5, 0.6) is 5.75 Å². The monoisotopic (exact) mass is 371 g/mol. The third kappa shape index (κ3) is 3.59. The van der Waals surface area contributed by atoms with Gasteiger partial charge in [-0.1, -0.05) is 11.8 Å². The lowest BCUT2D eigenvalue weighted by molar-refractivity contribution is 0.414. The van der Waals surface area contributed by atoms with E-state index < -0.39 is 0 Å². The number of aromatic nitrogens is 3. The van der Waals surface area contributed by atoms with Gasteiger partial charge in [-0.25, -0.2) is 4.98 Å². The molecule has 25 heavy (non-hydrogen) atoms. The average molecular weight is 371 g/mol. The van der Waals surface area contributed by atoms with E-state index in [9.17, 15) is 0 Å². The van der Waals surface area contributed by atoms with Crippen molar-refractivity contribution >= 4 is 23.1 Å². The summed E-state index contributed by atoms with van der Waals surface area (Å²) in [6, 6.07) is 11.2. The molecule has 3 aromatic heterocycles. The molecule has 0 bridgehead atoms. The van der Waals surface area contributed by atoms with Crippen molar-refractivity contribution in [3.8, 4) is 28.0 Å². The quantitative estimate of drug-likeness (QED) is 0.453. The first kappa shape index (κ1) is 15.9. The van der Waals surface area contributed by atoms with Crippen LogP contribution >= 0.6 is 23.1 Å². The Morgan fingerprint density at radius 1 is 1.16 bits per heavy atom. The molecule has 4 aromatic rings. The van der Waals surface area contributed by atoms with E-state index in [0.717, 1.165) is 27.8 Å². The summed E-state index contributed by atoms with van der Waals surface area (Å²) in [5.41, 5.74) is 1.81. The molecule has 0 amide bonds. The van der Waals surface area contributed by atoms with Crippen molar-refractivity contribution in [1.82, 2.24) is 15.2 Å². The van der Waals surface area contributed by atoms with Gasteiger partial charge in [0.2, 0.25) is 5.89 Å². The molecule has 0 atom stereocenters. The van der Waals surface area contributed by atoms with E-state index in [2.05, 4.69) is 15.2 Å². The highest BCUT2D eigenvalue weighted by Crippen LogP contribution is 2.29. The van der Waals surface area contributed by atoms with Crippen LogP contribution in [0.1, 0.15) is 5.69 Å². The summed E-state index contributed by atoms with van der Waals surface area (Å²) in [4.78, 5) is 4.55. The average Bonchev–Trinajstić information content (AvgIpc) is 3.41. The summed E-state index contributed by atoms with van der Waals surface area (Å²) in [6.45, 7) is 0. The molecule has 0 aliphatic carbocycles. The van der Waals surface area contributed by atoms with Gasteiger partial charge in [0.05, 0.1) is 19.1 Å². The standard InChI is InChI=1S/C17H13N3O3S2/c1-21-13-6-4-11(5-7-13)15-19-20-17(23-15)25-10-12-9-24-16(18-12)14-3-2-8-22-14/h2-9H,10H2,1H3. The van der Waals surface area contributed by atoms with Crippen LogP contribution in [-0.4, -0.2) is 22.3 Å². The Bertz CT molecular complexity index is 946. The third-order valence-electron chi connectivity index (χ3n) is 3.37. The van der Waals surface area contributed by atoms with Crippen LogP contribution in [0.2, 0.25) is 0 Å². The molecule has 0 saturated carbocycles. The predicted molar refractivity (Wildman–Crippen MR) is 95.7 cm³/mol. The predicted octanol–water partition coefficient (Wildman–Crippen LogP) is 4.75. The van der Waals surface area contributed by atoms with E-state index in [1.165, 1.54) is 11.8 Å². The van der Waals surface area contributed by atoms with Gasteiger partial charge in [-0.2, -0.15) is 0 Å². The number of thiazole rings is 1. The number of benzene rings is 1. The zero-order valence-electron chi connectivity index (χ0n) is 13.2. The molecular formula is C17H13N3O3S2. The number of rotatable bonds is 6. The number of hydrogen-bond acceptors (Lipinski definition) is 8. The molecule has 0 unspecified atom stereocenters. The van der Waals surface area contributed by atoms with Crippen LogP contribution in [0.3, 0.4) is 0 Å². The first-order chi connectivity index (χ1) is 12.3. The Morgan fingerprint density at radius 2 is 2.04 bits per heavy atom. The Balaban J connectivity index is 1.41. The Kier molecular flexibility index (Phi) is 4.53. The van der Waals surface area contributed by atoms with Crippen LogP contribution in [0.15, 0.2) is 62.1 Å². The van der Waals surface area contributed by atoms with Gasteiger partial charge in [0.15, 0.2) is 10.8 Å². The van der Waals surface area contributed by atoms with E-state index in [4.69, 9.17) is 13.6 Å². The van der Waals surface area contributed by atoms with Gasteiger partial charge >= 0.3 is 0 Å². The molecule has 0 saturated heterocycles. The second-order valence-electron chi connectivity index (χ2n) is 5.01. The maximum absolute atomic E-state index is 5.70. The van der Waals surface area contributed by atoms with Gasteiger partial charge in [-0.3, -0.25) is 0 Å². The van der Waals surface area contributed by atoms with Crippen molar-refractivity contribution in [1.29, 1.82) is 0 Å². The first-order valence-electron chi connectivity index (χ1n) is 7.41. The summed E-state index contributed by atoms with van der Waals surface area (Å²) >= 11 is 3.01. The number of methoxy groups -OCH3 is 1. The zero-order valence-corrected chi connectivity index (χ0v) is 14.8. The van der Waals surface area contributed by atoms with Crippen LogP contribution in [-0.2, 0) is 5.75 Å². The lowest BCUT2D eigenvalue weighted by atomic mass is 10.2. The molecule has 0 aliphatic heterocycles. The summed E-state index contributed by atoms with van der Waals surface area (Å²) in [5, 5.41) is 11.6. The van der Waals surface area contributed by atoms with Gasteiger partial charge in [-0.15, -0.1) is 21.5 Å². The summed E-state index contributed by atoms with van der Waals surface area (Å²) in [7, 11) is 1.63. The highest BCUT2D eigenvalue weighted by Gasteiger charge is 2.12. The minimum absolute atomic E-state index is 0.486. The normalized spacial score (nSPS) is 10.9. The van der Waals surface area contributed by atoms with Gasteiger partial charge in [-0.05, 0) is 36.4 Å². The van der Waals surface area contributed by atoms with Crippen molar-refractivity contribution in [3.63, 3.8) is 0 Å². The number of nitrogens with zero attached hydrogens (tertiary/aromatic N) is 3. The Hall–Kier alpha value is -2.58. The number of hydrogen-bond donors (Lipinski definition) is 0. The lowest BCUT2D eigenvalue weighted by Crippen LogP contribution is -1.82. The van der Waals surface area contributed by atoms with Gasteiger partial charge in [0.1, 0.15) is 5.75 Å². The largest absolute Gasteiger partial charge is 0.497 e. The van der Waals surface area contributed by atoms with Crippen LogP contribution < -0.4 is 4.74 Å². The van der Waals surface area contributed by atoms with Crippen molar-refractivity contribution in [2.45, 2.75) is 11.0 Å². The number of thioether (sulfide) groups is 1. The smallest absolute Gasteiger partial charge is 0.277 e. The molecule has 3 heterocycles. The Morgan fingerprint density at radius 3 is 2.80 bits per heavy atom. The molecule has 1 aromatic carbocycles. The molecule has 0 fully saturated rings. The topological polar surface area (TPSA) is 74.2 Å². The molecular weight excluding hydrogens is 358 g/mol. The van der Waals surface area contributed by atoms with E-state index in [0.29, 0.717) is 16.9 Å². The minimum Gasteiger partial charge on any atom is -0.497 e. The fourth-order valence-corrected chi connectivity index (χ4v) is 3.69. The molecule has 0 N–H and O–H groups in total. The summed E-state index contributed by atoms with van der Waals surface area (Å²) in [6.07, 6.45) is 1.64. The van der Waals surface area contributed by atoms with E-state index in [1.54, 1.807) is 24.7 Å². The first-order valence-corrected chi connectivity index (χ1v) is 9.27. The molecule has 4 rings (SSSR count). The van der Waals surface area contributed by atoms with E-state index in [-0.39, 0.29) is 0 Å². The maximum atomic E-state index is 5.70. The van der Waals surface area contributed by atoms with Crippen molar-refractivity contribution in [3.05, 3.63) is 53.7 Å². The fourth-order valence-electron chi connectivity index (χ4n) is 2.14. The fraction of sp³-hybridized carbons (Fsp3) is 0.118. The molecule has 8 heteroatoms. The lowest BCUT2D eigenvalue weighted by Gasteiger charge is -1.99. The third-order valence-corrected chi connectivity index (χ3v) is 5.13. The molecule has 6 nitrogen and oxygen atoms in total. The Labute approximate surface area is 151 Å². The number of furan rings is 1. The van der Waals surface area contributed by atoms with E-state index in [1.807, 2.05) is 41.8 Å². The van der Waals surface area contributed by atoms with Gasteiger partial charge in [0, 0.05) is 16.7 Å². The highest BCUT2D eigenvalue weighted by molar-refractivity contribution is 7.98. The van der Waals surface area contributed by atoms with Crippen molar-refractivity contribution in [2.75, 3.05) is 7.11 Å². The van der Waals surface area contributed by atoms with Gasteiger partial charge in [0.25, 0.3) is 5.22 Å². The van der Waals surface area contributed by atoms with Crippen LogP contribution in [0.25, 0.3) is 22.2 Å². The zero-order chi connectivity index (χ0) is 17.1. The van der Waals surface area contributed by atoms with E-state index >= 15 is 0 Å². The minimum atomic E-state index is 0.486. The van der Waals surface area contributed by atoms with Crippen molar-refractivity contribution < 1.29 is 13.6 Å². The summed E-state index contributed by atoms with van der Waals surface area (Å²) < 4.78 is 16.2. The van der Waals surface area contributed by atoms with Crippen LogP contribution in [0.4, 0.5) is 0 Å². The second kappa shape index (κ2) is 7.12. The maximum Gasteiger partial charge on any atom is 0.277 e. The highest BCUT2D eigenvalue weighted by atomic mass is 32.2. The number of ether oxygens (including phenoxy) is 1. The molecule has 126 valence electrons. The molecule has 0 spiro atoms. The van der Waals surface area contributed by atoms with Crippen LogP contribution in [0, 0.1) is 0 Å². The van der Waals surface area contributed by atoms with Crippen molar-refractivity contribution in [2.24, 2.45) is 0 Å². The van der Waals surface area contributed by atoms with Gasteiger partial charge < -0.3 is 13.6 Å². The second-order valence-corrected chi connectivity index (χ2v) is 6.80. The molecule has 0 aliphatic rings. The molecule has 0 radical (unpaired) electrons. The summed E-state index contributed by atoms with van der Waals surface area (Å²) in [5.74, 6) is 2.70.